The van der Waals surface area contributed by atoms with Crippen molar-refractivity contribution >= 4 is 6.03 Å². The molecule has 0 aromatic rings. The number of aliphatic hydroxyl groups excluding tert-OH is 1. The van der Waals surface area contributed by atoms with Crippen molar-refractivity contribution in [2.75, 3.05) is 33.2 Å². The molecule has 1 rings (SSSR count). The van der Waals surface area contributed by atoms with Gasteiger partial charge in [0.15, 0.2) is 0 Å². The topological polar surface area (TPSA) is 55.8 Å². The molecule has 5 nitrogen and oxygen atoms in total. The number of carbonyl (C=O) groups excluding carboxylic acids is 1. The van der Waals surface area contributed by atoms with Gasteiger partial charge in [-0.05, 0) is 19.8 Å². The molecule has 0 aliphatic carbocycles. The highest BCUT2D eigenvalue weighted by Gasteiger charge is 2.21. The summed E-state index contributed by atoms with van der Waals surface area (Å²) in [6.07, 6.45) is 3.37. The number of piperidine rings is 1. The number of aliphatic hydroxyl groups is 1. The highest BCUT2D eigenvalue weighted by Crippen LogP contribution is 2.10. The maximum atomic E-state index is 11.8. The Morgan fingerprint density at radius 3 is 2.72 bits per heavy atom. The second-order valence-corrected chi connectivity index (χ2v) is 5.04. The van der Waals surface area contributed by atoms with Crippen LogP contribution in [0.5, 0.6) is 0 Å². The Balaban J connectivity index is 2.27. The summed E-state index contributed by atoms with van der Waals surface area (Å²) < 4.78 is 0. The molecule has 5 heteroatoms. The maximum absolute atomic E-state index is 11.8. The lowest BCUT2D eigenvalue weighted by atomic mass is 10.1. The Bertz CT molecular complexity index is 273. The SMILES string of the molecule is C=CCN1CCC(NC(=O)N(C)CC(C)O)CC1. The van der Waals surface area contributed by atoms with E-state index in [1.54, 1.807) is 14.0 Å². The monoisotopic (exact) mass is 255 g/mol. The summed E-state index contributed by atoms with van der Waals surface area (Å²) in [6.45, 7) is 8.69. The van der Waals surface area contributed by atoms with E-state index in [1.165, 1.54) is 4.90 Å². The first kappa shape index (κ1) is 15.0. The molecule has 1 aliphatic rings. The average molecular weight is 255 g/mol. The number of hydrogen-bond acceptors (Lipinski definition) is 3. The molecule has 1 heterocycles. The molecule has 0 spiro atoms. The van der Waals surface area contributed by atoms with Crippen LogP contribution in [0.2, 0.25) is 0 Å². The summed E-state index contributed by atoms with van der Waals surface area (Å²) >= 11 is 0. The Kier molecular flexibility index (Phi) is 6.15. The number of hydrogen-bond donors (Lipinski definition) is 2. The molecule has 0 bridgehead atoms. The predicted molar refractivity (Wildman–Crippen MR) is 72.5 cm³/mol. The van der Waals surface area contributed by atoms with Crippen LogP contribution in [0.3, 0.4) is 0 Å². The molecular weight excluding hydrogens is 230 g/mol. The fraction of sp³-hybridized carbons (Fsp3) is 0.769. The van der Waals surface area contributed by atoms with Gasteiger partial charge in [-0.25, -0.2) is 4.79 Å². The largest absolute Gasteiger partial charge is 0.392 e. The number of amides is 2. The molecule has 0 radical (unpaired) electrons. The lowest BCUT2D eigenvalue weighted by Gasteiger charge is -2.32. The number of nitrogens with zero attached hydrogens (tertiary/aromatic N) is 2. The van der Waals surface area contributed by atoms with Gasteiger partial charge < -0.3 is 15.3 Å². The van der Waals surface area contributed by atoms with Gasteiger partial charge in [-0.3, -0.25) is 4.90 Å². The minimum Gasteiger partial charge on any atom is -0.392 e. The van der Waals surface area contributed by atoms with E-state index in [0.717, 1.165) is 32.5 Å². The van der Waals surface area contributed by atoms with Crippen molar-refractivity contribution in [3.05, 3.63) is 12.7 Å². The molecule has 18 heavy (non-hydrogen) atoms. The van der Waals surface area contributed by atoms with Crippen LogP contribution in [-0.2, 0) is 0 Å². The van der Waals surface area contributed by atoms with Crippen molar-refractivity contribution in [2.45, 2.75) is 31.9 Å². The van der Waals surface area contributed by atoms with E-state index >= 15 is 0 Å². The van der Waals surface area contributed by atoms with E-state index in [2.05, 4.69) is 16.8 Å². The number of urea groups is 1. The molecule has 1 unspecified atom stereocenters. The molecular formula is C13H25N3O2. The van der Waals surface area contributed by atoms with Crippen molar-refractivity contribution in [3.63, 3.8) is 0 Å². The fourth-order valence-electron chi connectivity index (χ4n) is 2.21. The molecule has 0 saturated carbocycles. The first-order chi connectivity index (χ1) is 8.52. The van der Waals surface area contributed by atoms with Crippen molar-refractivity contribution in [3.8, 4) is 0 Å². The second-order valence-electron chi connectivity index (χ2n) is 5.04. The molecule has 1 fully saturated rings. The Morgan fingerprint density at radius 1 is 1.61 bits per heavy atom. The minimum absolute atomic E-state index is 0.0990. The number of carbonyl (C=O) groups is 1. The standard InChI is InChI=1S/C13H25N3O2/c1-4-7-16-8-5-12(6-9-16)14-13(18)15(3)10-11(2)17/h4,11-12,17H,1,5-10H2,2-3H3,(H,14,18). The first-order valence-electron chi connectivity index (χ1n) is 6.56. The van der Waals surface area contributed by atoms with Crippen molar-refractivity contribution in [2.24, 2.45) is 0 Å². The number of likely N-dealkylation sites (N-methyl/N-ethyl adjacent to an activating group) is 1. The summed E-state index contributed by atoms with van der Waals surface area (Å²) in [5.41, 5.74) is 0. The van der Waals surface area contributed by atoms with Crippen molar-refractivity contribution < 1.29 is 9.90 Å². The van der Waals surface area contributed by atoms with Gasteiger partial charge in [0.1, 0.15) is 0 Å². The van der Waals surface area contributed by atoms with Gasteiger partial charge in [-0.2, -0.15) is 0 Å². The summed E-state index contributed by atoms with van der Waals surface area (Å²) in [6, 6.07) is 0.146. The van der Waals surface area contributed by atoms with Gasteiger partial charge in [-0.1, -0.05) is 6.08 Å². The first-order valence-corrected chi connectivity index (χ1v) is 6.56. The number of nitrogens with one attached hydrogen (secondary N) is 1. The van der Waals surface area contributed by atoms with Crippen LogP contribution >= 0.6 is 0 Å². The normalized spacial score (nSPS) is 19.3. The molecule has 1 saturated heterocycles. The zero-order valence-electron chi connectivity index (χ0n) is 11.4. The third-order valence-corrected chi connectivity index (χ3v) is 3.19. The van der Waals surface area contributed by atoms with Crippen LogP contribution in [0, 0.1) is 0 Å². The highest BCUT2D eigenvalue weighted by molar-refractivity contribution is 5.74. The van der Waals surface area contributed by atoms with Crippen LogP contribution in [0.4, 0.5) is 4.79 Å². The lowest BCUT2D eigenvalue weighted by molar-refractivity contribution is 0.138. The fourth-order valence-corrected chi connectivity index (χ4v) is 2.21. The molecule has 2 N–H and O–H groups in total. The van der Waals surface area contributed by atoms with Crippen LogP contribution < -0.4 is 5.32 Å². The Hall–Kier alpha value is -1.07. The number of rotatable bonds is 5. The van der Waals surface area contributed by atoms with Gasteiger partial charge in [0.25, 0.3) is 0 Å². The van der Waals surface area contributed by atoms with Crippen LogP contribution in [-0.4, -0.2) is 66.3 Å². The van der Waals surface area contributed by atoms with E-state index in [9.17, 15) is 9.90 Å². The van der Waals surface area contributed by atoms with Crippen LogP contribution in [0.1, 0.15) is 19.8 Å². The summed E-state index contributed by atoms with van der Waals surface area (Å²) in [5.74, 6) is 0. The summed E-state index contributed by atoms with van der Waals surface area (Å²) in [4.78, 5) is 15.7. The average Bonchev–Trinajstić information content (AvgIpc) is 2.31. The van der Waals surface area contributed by atoms with Gasteiger partial charge in [0.2, 0.25) is 0 Å². The molecule has 1 aliphatic heterocycles. The van der Waals surface area contributed by atoms with Gasteiger partial charge in [0, 0.05) is 39.3 Å². The zero-order chi connectivity index (χ0) is 13.5. The summed E-state index contributed by atoms with van der Waals surface area (Å²) in [5, 5.41) is 12.2. The van der Waals surface area contributed by atoms with E-state index < -0.39 is 6.10 Å². The van der Waals surface area contributed by atoms with Gasteiger partial charge >= 0.3 is 6.03 Å². The third kappa shape index (κ3) is 5.06. The molecule has 0 aromatic carbocycles. The maximum Gasteiger partial charge on any atom is 0.317 e. The predicted octanol–water partition coefficient (Wildman–Crippen LogP) is 0.659. The zero-order valence-corrected chi connectivity index (χ0v) is 11.4. The number of likely N-dealkylation sites (tertiary alicyclic amines) is 1. The van der Waals surface area contributed by atoms with Gasteiger partial charge in [0.05, 0.1) is 6.10 Å². The highest BCUT2D eigenvalue weighted by atomic mass is 16.3. The van der Waals surface area contributed by atoms with Crippen molar-refractivity contribution in [1.29, 1.82) is 0 Å². The smallest absolute Gasteiger partial charge is 0.317 e. The minimum atomic E-state index is -0.491. The van der Waals surface area contributed by atoms with Crippen LogP contribution in [0.15, 0.2) is 12.7 Å². The Labute approximate surface area is 109 Å². The third-order valence-electron chi connectivity index (χ3n) is 3.19. The van der Waals surface area contributed by atoms with E-state index in [-0.39, 0.29) is 12.1 Å². The van der Waals surface area contributed by atoms with Crippen LogP contribution in [0.25, 0.3) is 0 Å². The molecule has 0 aromatic heterocycles. The van der Waals surface area contributed by atoms with Gasteiger partial charge in [-0.15, -0.1) is 6.58 Å². The summed E-state index contributed by atoms with van der Waals surface area (Å²) in [7, 11) is 1.70. The second kappa shape index (κ2) is 7.38. The lowest BCUT2D eigenvalue weighted by Crippen LogP contribution is -2.49. The molecule has 2 amide bonds. The quantitative estimate of drug-likeness (QED) is 0.710. The van der Waals surface area contributed by atoms with Crippen molar-refractivity contribution in [1.82, 2.24) is 15.1 Å². The van der Waals surface area contributed by atoms with E-state index in [0.29, 0.717) is 6.54 Å². The Morgan fingerprint density at radius 2 is 2.22 bits per heavy atom. The van der Waals surface area contributed by atoms with E-state index in [1.807, 2.05) is 6.08 Å². The van der Waals surface area contributed by atoms with E-state index in [4.69, 9.17) is 0 Å². The molecule has 1 atom stereocenters. The molecule has 104 valence electrons.